The zero-order valence-corrected chi connectivity index (χ0v) is 12.3. The van der Waals surface area contributed by atoms with Crippen LogP contribution in [0, 0.1) is 0 Å². The fraction of sp³-hybridized carbons (Fsp3) is 0.286. The molecule has 0 atom stereocenters. The van der Waals surface area contributed by atoms with E-state index in [9.17, 15) is 9.90 Å². The topological polar surface area (TPSA) is 64.3 Å². The number of thioether (sulfide) groups is 1. The van der Waals surface area contributed by atoms with Crippen LogP contribution in [-0.4, -0.2) is 27.0 Å². The molecule has 1 aromatic heterocycles. The van der Waals surface area contributed by atoms with Gasteiger partial charge in [0.2, 0.25) is 5.88 Å². The molecule has 2 aromatic rings. The van der Waals surface area contributed by atoms with Crippen molar-refractivity contribution in [2.45, 2.75) is 24.3 Å². The van der Waals surface area contributed by atoms with Crippen molar-refractivity contribution in [3.05, 3.63) is 40.7 Å². The minimum absolute atomic E-state index is 0.227. The van der Waals surface area contributed by atoms with Crippen LogP contribution in [0.15, 0.2) is 40.3 Å². The zero-order valence-electron chi connectivity index (χ0n) is 11.5. The van der Waals surface area contributed by atoms with Crippen LogP contribution >= 0.6 is 11.8 Å². The van der Waals surface area contributed by atoms with Crippen LogP contribution in [0.3, 0.4) is 0 Å². The number of para-hydroxylation sites is 2. The first-order chi connectivity index (χ1) is 9.52. The van der Waals surface area contributed by atoms with Crippen molar-refractivity contribution in [2.75, 3.05) is 7.11 Å². The predicted molar refractivity (Wildman–Crippen MR) is 79.0 cm³/mol. The molecule has 20 heavy (non-hydrogen) atoms. The van der Waals surface area contributed by atoms with Crippen molar-refractivity contribution < 1.29 is 9.84 Å². The summed E-state index contributed by atoms with van der Waals surface area (Å²) in [4.78, 5) is 16.3. The molecular weight excluding hydrogens is 276 g/mol. The summed E-state index contributed by atoms with van der Waals surface area (Å²) in [7, 11) is 1.55. The van der Waals surface area contributed by atoms with Gasteiger partial charge in [-0.25, -0.2) is 0 Å². The van der Waals surface area contributed by atoms with E-state index in [-0.39, 0.29) is 16.7 Å². The molecule has 0 fully saturated rings. The summed E-state index contributed by atoms with van der Waals surface area (Å²) in [5.74, 6) is 0.303. The van der Waals surface area contributed by atoms with E-state index in [1.54, 1.807) is 19.2 Å². The fourth-order valence-corrected chi connectivity index (χ4v) is 2.64. The molecule has 106 valence electrons. The van der Waals surface area contributed by atoms with Gasteiger partial charge < -0.3 is 9.84 Å². The smallest absolute Gasteiger partial charge is 0.262 e. The summed E-state index contributed by atoms with van der Waals surface area (Å²) in [6, 6.07) is 8.30. The lowest BCUT2D eigenvalue weighted by atomic mass is 10.3. The van der Waals surface area contributed by atoms with Crippen LogP contribution in [-0.2, 0) is 0 Å². The van der Waals surface area contributed by atoms with Crippen molar-refractivity contribution in [3.63, 3.8) is 0 Å². The lowest BCUT2D eigenvalue weighted by Crippen LogP contribution is -2.21. The maximum absolute atomic E-state index is 12.2. The number of ether oxygens (including phenoxy) is 1. The summed E-state index contributed by atoms with van der Waals surface area (Å²) in [5.41, 5.74) is 0.265. The number of hydrogen-bond donors (Lipinski definition) is 1. The number of nitrogens with zero attached hydrogens (tertiary/aromatic N) is 2. The first kappa shape index (κ1) is 14.5. The molecule has 2 rings (SSSR count). The van der Waals surface area contributed by atoms with Gasteiger partial charge >= 0.3 is 0 Å². The number of hydrogen-bond acceptors (Lipinski definition) is 5. The second-order valence-corrected chi connectivity index (χ2v) is 5.95. The van der Waals surface area contributed by atoms with E-state index in [4.69, 9.17) is 4.74 Å². The van der Waals surface area contributed by atoms with Gasteiger partial charge in [-0.15, -0.1) is 0 Å². The average molecular weight is 292 g/mol. The Labute approximate surface area is 121 Å². The van der Waals surface area contributed by atoms with E-state index in [0.717, 1.165) is 6.07 Å². The minimum atomic E-state index is -0.342. The summed E-state index contributed by atoms with van der Waals surface area (Å²) < 4.78 is 6.73. The molecule has 0 bridgehead atoms. The Morgan fingerprint density at radius 1 is 1.35 bits per heavy atom. The maximum atomic E-state index is 12.2. The van der Waals surface area contributed by atoms with Gasteiger partial charge in [-0.2, -0.15) is 4.98 Å². The first-order valence-corrected chi connectivity index (χ1v) is 7.04. The summed E-state index contributed by atoms with van der Waals surface area (Å²) in [6.07, 6.45) is 0. The molecule has 0 radical (unpaired) electrons. The van der Waals surface area contributed by atoms with Crippen molar-refractivity contribution >= 4 is 11.8 Å². The highest BCUT2D eigenvalue weighted by molar-refractivity contribution is 7.99. The number of aromatic hydroxyl groups is 1. The zero-order chi connectivity index (χ0) is 14.7. The van der Waals surface area contributed by atoms with E-state index in [2.05, 4.69) is 4.98 Å². The predicted octanol–water partition coefficient (Wildman–Crippen LogP) is 2.45. The molecule has 0 aliphatic heterocycles. The van der Waals surface area contributed by atoms with Crippen LogP contribution in [0.2, 0.25) is 0 Å². The largest absolute Gasteiger partial charge is 0.495 e. The summed E-state index contributed by atoms with van der Waals surface area (Å²) in [5, 5.41) is 10.2. The molecule has 6 heteroatoms. The highest BCUT2D eigenvalue weighted by atomic mass is 32.2. The van der Waals surface area contributed by atoms with Crippen LogP contribution in [0.25, 0.3) is 5.69 Å². The van der Waals surface area contributed by atoms with Gasteiger partial charge in [0, 0.05) is 5.25 Å². The third-order valence-electron chi connectivity index (χ3n) is 2.54. The summed E-state index contributed by atoms with van der Waals surface area (Å²) >= 11 is 1.40. The molecule has 1 aromatic carbocycles. The Morgan fingerprint density at radius 2 is 2.05 bits per heavy atom. The average Bonchev–Trinajstić information content (AvgIpc) is 2.37. The van der Waals surface area contributed by atoms with Gasteiger partial charge in [-0.1, -0.05) is 37.7 Å². The normalized spacial score (nSPS) is 10.8. The first-order valence-electron chi connectivity index (χ1n) is 6.16. The second-order valence-electron chi connectivity index (χ2n) is 4.41. The SMILES string of the molecule is COc1ccccc1-n1c(SC(C)C)nc(O)cc1=O. The molecule has 0 aliphatic rings. The molecule has 1 heterocycles. The van der Waals surface area contributed by atoms with Crippen molar-refractivity contribution in [2.24, 2.45) is 0 Å². The molecule has 0 saturated heterocycles. The van der Waals surface area contributed by atoms with Gasteiger partial charge in [-0.3, -0.25) is 9.36 Å². The van der Waals surface area contributed by atoms with E-state index in [1.165, 1.54) is 16.3 Å². The molecule has 1 N–H and O–H groups in total. The molecule has 5 nitrogen and oxygen atoms in total. The number of rotatable bonds is 4. The second kappa shape index (κ2) is 6.00. The van der Waals surface area contributed by atoms with Crippen LogP contribution < -0.4 is 10.3 Å². The Balaban J connectivity index is 2.69. The van der Waals surface area contributed by atoms with Gasteiger partial charge in [0.15, 0.2) is 5.16 Å². The third kappa shape index (κ3) is 2.96. The Bertz CT molecular complexity index is 668. The Morgan fingerprint density at radius 3 is 2.70 bits per heavy atom. The molecule has 0 saturated carbocycles. The lowest BCUT2D eigenvalue weighted by molar-refractivity contribution is 0.409. The fourth-order valence-electron chi connectivity index (χ4n) is 1.78. The van der Waals surface area contributed by atoms with E-state index >= 15 is 0 Å². The monoisotopic (exact) mass is 292 g/mol. The Hall–Kier alpha value is -1.95. The lowest BCUT2D eigenvalue weighted by Gasteiger charge is -2.15. The van der Waals surface area contributed by atoms with Crippen molar-refractivity contribution in [1.29, 1.82) is 0 Å². The van der Waals surface area contributed by atoms with Crippen LogP contribution in [0.5, 0.6) is 11.6 Å². The van der Waals surface area contributed by atoms with Crippen molar-refractivity contribution in [1.82, 2.24) is 9.55 Å². The molecule has 0 amide bonds. The van der Waals surface area contributed by atoms with E-state index < -0.39 is 0 Å². The summed E-state index contributed by atoms with van der Waals surface area (Å²) in [6.45, 7) is 3.99. The quantitative estimate of drug-likeness (QED) is 0.692. The van der Waals surface area contributed by atoms with E-state index in [1.807, 2.05) is 26.0 Å². The molecular formula is C14H16N2O3S. The van der Waals surface area contributed by atoms with Crippen LogP contribution in [0.4, 0.5) is 0 Å². The van der Waals surface area contributed by atoms with Gasteiger partial charge in [0.25, 0.3) is 5.56 Å². The standard InChI is InChI=1S/C14H16N2O3S/c1-9(2)20-14-15-12(17)8-13(18)16(14)10-6-4-5-7-11(10)19-3/h4-9,17H,1-3H3. The number of aromatic nitrogens is 2. The highest BCUT2D eigenvalue weighted by Crippen LogP contribution is 2.28. The Kier molecular flexibility index (Phi) is 4.34. The number of methoxy groups -OCH3 is 1. The van der Waals surface area contributed by atoms with E-state index in [0.29, 0.717) is 16.6 Å². The molecule has 0 unspecified atom stereocenters. The van der Waals surface area contributed by atoms with Gasteiger partial charge in [-0.05, 0) is 12.1 Å². The molecule has 0 aliphatic carbocycles. The van der Waals surface area contributed by atoms with Crippen molar-refractivity contribution in [3.8, 4) is 17.3 Å². The third-order valence-corrected chi connectivity index (χ3v) is 3.50. The number of benzene rings is 1. The maximum Gasteiger partial charge on any atom is 0.262 e. The molecule has 0 spiro atoms. The van der Waals surface area contributed by atoms with Gasteiger partial charge in [0.1, 0.15) is 5.75 Å². The van der Waals surface area contributed by atoms with Crippen LogP contribution in [0.1, 0.15) is 13.8 Å². The van der Waals surface area contributed by atoms with Gasteiger partial charge in [0.05, 0.1) is 18.9 Å². The highest BCUT2D eigenvalue weighted by Gasteiger charge is 2.15. The minimum Gasteiger partial charge on any atom is -0.495 e.